The van der Waals surface area contributed by atoms with Crippen LogP contribution in [0.1, 0.15) is 46.5 Å². The molecule has 0 saturated heterocycles. The van der Waals surface area contributed by atoms with Crippen LogP contribution in [0.3, 0.4) is 0 Å². The quantitative estimate of drug-likeness (QED) is 0.656. The van der Waals surface area contributed by atoms with E-state index in [0.717, 1.165) is 19.3 Å². The summed E-state index contributed by atoms with van der Waals surface area (Å²) in [6.07, 6.45) is 3.21. The maximum Gasteiger partial charge on any atom is 0.0743 e. The van der Waals surface area contributed by atoms with Crippen LogP contribution in [0.5, 0.6) is 0 Å². The lowest BCUT2D eigenvalue weighted by atomic mass is 10.00. The minimum Gasteiger partial charge on any atom is -0.389 e. The fraction of sp³-hybridized carbons (Fsp3) is 0.909. The molecule has 3 heteroatoms. The van der Waals surface area contributed by atoms with Crippen molar-refractivity contribution in [3.63, 3.8) is 0 Å². The van der Waals surface area contributed by atoms with Crippen molar-refractivity contribution in [2.75, 3.05) is 6.54 Å². The zero-order chi connectivity index (χ0) is 11.0. The predicted molar refractivity (Wildman–Crippen MR) is 57.8 cm³/mol. The summed E-state index contributed by atoms with van der Waals surface area (Å²) in [6, 6.07) is 2.35. The highest BCUT2D eigenvalue weighted by Gasteiger charge is 2.19. The van der Waals surface area contributed by atoms with Crippen LogP contribution in [0.15, 0.2) is 0 Å². The Morgan fingerprint density at radius 2 is 2.14 bits per heavy atom. The third-order valence-electron chi connectivity index (χ3n) is 2.39. The first-order valence-electron chi connectivity index (χ1n) is 5.38. The second-order valence-corrected chi connectivity index (χ2v) is 4.10. The second kappa shape index (κ2) is 6.80. The topological polar surface area (TPSA) is 56.0 Å². The Kier molecular flexibility index (Phi) is 6.52. The fourth-order valence-corrected chi connectivity index (χ4v) is 1.46. The third-order valence-corrected chi connectivity index (χ3v) is 2.39. The van der Waals surface area contributed by atoms with Crippen LogP contribution in [0.4, 0.5) is 0 Å². The minimum absolute atomic E-state index is 0.211. The summed E-state index contributed by atoms with van der Waals surface area (Å²) in [5, 5.41) is 21.7. The van der Waals surface area contributed by atoms with E-state index >= 15 is 0 Å². The molecule has 0 heterocycles. The number of nitrogens with one attached hydrogen (secondary N) is 1. The van der Waals surface area contributed by atoms with Gasteiger partial charge in [0.25, 0.3) is 0 Å². The van der Waals surface area contributed by atoms with Gasteiger partial charge in [0.1, 0.15) is 0 Å². The maximum atomic E-state index is 9.88. The van der Waals surface area contributed by atoms with Gasteiger partial charge in [-0.25, -0.2) is 0 Å². The first-order chi connectivity index (χ1) is 6.55. The van der Waals surface area contributed by atoms with Crippen molar-refractivity contribution in [2.24, 2.45) is 0 Å². The van der Waals surface area contributed by atoms with Gasteiger partial charge in [-0.1, -0.05) is 20.3 Å². The molecule has 0 aromatic rings. The molecule has 2 atom stereocenters. The highest BCUT2D eigenvalue weighted by Crippen LogP contribution is 2.11. The van der Waals surface area contributed by atoms with Crippen LogP contribution in [-0.4, -0.2) is 23.3 Å². The predicted octanol–water partition coefficient (Wildman–Crippen LogP) is 1.82. The standard InChI is InChI=1S/C11H22N2O/c1-4-7-11(3,14)9-13-10(5-2)6-8-12/h10,13-14H,4-7,9H2,1-3H3. The van der Waals surface area contributed by atoms with E-state index in [9.17, 15) is 5.11 Å². The lowest BCUT2D eigenvalue weighted by Gasteiger charge is -2.25. The van der Waals surface area contributed by atoms with Crippen molar-refractivity contribution in [1.29, 1.82) is 5.26 Å². The molecular formula is C11H22N2O. The lowest BCUT2D eigenvalue weighted by molar-refractivity contribution is 0.0471. The summed E-state index contributed by atoms with van der Waals surface area (Å²) in [7, 11) is 0. The van der Waals surface area contributed by atoms with Crippen LogP contribution in [-0.2, 0) is 0 Å². The third kappa shape index (κ3) is 5.95. The second-order valence-electron chi connectivity index (χ2n) is 4.10. The Labute approximate surface area is 87.1 Å². The molecule has 0 rings (SSSR count). The molecule has 0 aliphatic heterocycles. The van der Waals surface area contributed by atoms with E-state index in [1.807, 2.05) is 13.8 Å². The molecule has 2 unspecified atom stereocenters. The Balaban J connectivity index is 3.84. The average Bonchev–Trinajstić information content (AvgIpc) is 2.12. The van der Waals surface area contributed by atoms with E-state index in [1.54, 1.807) is 0 Å². The van der Waals surface area contributed by atoms with Crippen molar-refractivity contribution >= 4 is 0 Å². The van der Waals surface area contributed by atoms with Gasteiger partial charge < -0.3 is 10.4 Å². The fourth-order valence-electron chi connectivity index (χ4n) is 1.46. The Hall–Kier alpha value is -0.590. The summed E-state index contributed by atoms with van der Waals surface area (Å²) in [4.78, 5) is 0. The molecule has 0 bridgehead atoms. The molecule has 2 N–H and O–H groups in total. The average molecular weight is 198 g/mol. The minimum atomic E-state index is -0.641. The highest BCUT2D eigenvalue weighted by atomic mass is 16.3. The van der Waals surface area contributed by atoms with E-state index in [2.05, 4.69) is 18.3 Å². The largest absolute Gasteiger partial charge is 0.389 e. The number of hydrogen-bond acceptors (Lipinski definition) is 3. The zero-order valence-corrected chi connectivity index (χ0v) is 9.51. The molecule has 0 aromatic carbocycles. The number of aliphatic hydroxyl groups is 1. The molecule has 0 aliphatic rings. The molecule has 0 aliphatic carbocycles. The molecule has 0 fully saturated rings. The van der Waals surface area contributed by atoms with Gasteiger partial charge in [0.05, 0.1) is 18.1 Å². The van der Waals surface area contributed by atoms with Crippen molar-refractivity contribution in [1.82, 2.24) is 5.32 Å². The van der Waals surface area contributed by atoms with Gasteiger partial charge >= 0.3 is 0 Å². The van der Waals surface area contributed by atoms with Crippen LogP contribution in [0.2, 0.25) is 0 Å². The normalized spacial score (nSPS) is 17.1. The molecule has 14 heavy (non-hydrogen) atoms. The summed E-state index contributed by atoms with van der Waals surface area (Å²) in [5.41, 5.74) is -0.641. The summed E-state index contributed by atoms with van der Waals surface area (Å²) in [6.45, 7) is 6.51. The highest BCUT2D eigenvalue weighted by molar-refractivity contribution is 4.83. The Bertz CT molecular complexity index is 184. The lowest BCUT2D eigenvalue weighted by Crippen LogP contribution is -2.42. The van der Waals surface area contributed by atoms with Gasteiger partial charge in [-0.15, -0.1) is 0 Å². The molecule has 0 spiro atoms. The first kappa shape index (κ1) is 13.4. The van der Waals surface area contributed by atoms with Gasteiger partial charge in [0.15, 0.2) is 0 Å². The van der Waals surface area contributed by atoms with E-state index in [0.29, 0.717) is 13.0 Å². The monoisotopic (exact) mass is 198 g/mol. The van der Waals surface area contributed by atoms with Crippen molar-refractivity contribution in [3.8, 4) is 6.07 Å². The van der Waals surface area contributed by atoms with E-state index in [1.165, 1.54) is 0 Å². The SMILES string of the molecule is CCCC(C)(O)CNC(CC)CC#N. The van der Waals surface area contributed by atoms with Crippen molar-refractivity contribution < 1.29 is 5.11 Å². The van der Waals surface area contributed by atoms with Gasteiger partial charge in [0, 0.05) is 12.6 Å². The Morgan fingerprint density at radius 1 is 1.50 bits per heavy atom. The van der Waals surface area contributed by atoms with Gasteiger partial charge in [-0.2, -0.15) is 5.26 Å². The number of rotatable bonds is 7. The molecule has 0 aromatic heterocycles. The first-order valence-corrected chi connectivity index (χ1v) is 5.38. The molecule has 82 valence electrons. The van der Waals surface area contributed by atoms with Gasteiger partial charge in [0.2, 0.25) is 0 Å². The van der Waals surface area contributed by atoms with E-state index in [-0.39, 0.29) is 6.04 Å². The van der Waals surface area contributed by atoms with Crippen LogP contribution in [0, 0.1) is 11.3 Å². The van der Waals surface area contributed by atoms with E-state index < -0.39 is 5.60 Å². The number of nitriles is 1. The molecule has 3 nitrogen and oxygen atoms in total. The van der Waals surface area contributed by atoms with Crippen LogP contribution >= 0.6 is 0 Å². The number of hydrogen-bond donors (Lipinski definition) is 2. The summed E-state index contributed by atoms with van der Waals surface area (Å²) in [5.74, 6) is 0. The zero-order valence-electron chi connectivity index (χ0n) is 9.51. The smallest absolute Gasteiger partial charge is 0.0743 e. The molecule has 0 amide bonds. The van der Waals surface area contributed by atoms with Crippen LogP contribution < -0.4 is 5.32 Å². The molecule has 0 radical (unpaired) electrons. The van der Waals surface area contributed by atoms with E-state index in [4.69, 9.17) is 5.26 Å². The summed E-state index contributed by atoms with van der Waals surface area (Å²) >= 11 is 0. The van der Waals surface area contributed by atoms with Crippen molar-refractivity contribution in [3.05, 3.63) is 0 Å². The maximum absolute atomic E-state index is 9.88. The van der Waals surface area contributed by atoms with Crippen molar-refractivity contribution in [2.45, 2.75) is 58.1 Å². The van der Waals surface area contributed by atoms with Gasteiger partial charge in [-0.3, -0.25) is 0 Å². The molecular weight excluding hydrogens is 176 g/mol. The van der Waals surface area contributed by atoms with Gasteiger partial charge in [-0.05, 0) is 19.8 Å². The van der Waals surface area contributed by atoms with Crippen LogP contribution in [0.25, 0.3) is 0 Å². The Morgan fingerprint density at radius 3 is 2.57 bits per heavy atom. The number of nitrogens with zero attached hydrogens (tertiary/aromatic N) is 1. The summed E-state index contributed by atoms with van der Waals surface area (Å²) < 4.78 is 0. The molecule has 0 saturated carbocycles.